The summed E-state index contributed by atoms with van der Waals surface area (Å²) >= 11 is 0. The van der Waals surface area contributed by atoms with E-state index in [4.69, 9.17) is 5.11 Å². The van der Waals surface area contributed by atoms with Gasteiger partial charge in [0, 0.05) is 18.7 Å². The molecular weight excluding hydrogens is 278 g/mol. The molecule has 0 radical (unpaired) electrons. The van der Waals surface area contributed by atoms with Crippen molar-refractivity contribution in [3.05, 3.63) is 29.8 Å². The smallest absolute Gasteiger partial charge is 0.306 e. The van der Waals surface area contributed by atoms with Crippen molar-refractivity contribution in [1.29, 1.82) is 0 Å². The summed E-state index contributed by atoms with van der Waals surface area (Å²) in [6.07, 6.45) is 2.55. The fraction of sp³-hybridized carbons (Fsp3) is 0.556. The first-order chi connectivity index (χ1) is 10.4. The fourth-order valence-electron chi connectivity index (χ4n) is 3.08. The summed E-state index contributed by atoms with van der Waals surface area (Å²) in [7, 11) is 1.81. The number of amides is 1. The molecule has 1 fully saturated rings. The van der Waals surface area contributed by atoms with E-state index in [-0.39, 0.29) is 17.7 Å². The average Bonchev–Trinajstić information content (AvgIpc) is 2.53. The summed E-state index contributed by atoms with van der Waals surface area (Å²) in [6.45, 7) is 4.27. The zero-order valence-electron chi connectivity index (χ0n) is 13.6. The van der Waals surface area contributed by atoms with Gasteiger partial charge in [0.25, 0.3) is 0 Å². The van der Waals surface area contributed by atoms with E-state index in [0.717, 1.165) is 5.69 Å². The van der Waals surface area contributed by atoms with E-state index in [0.29, 0.717) is 31.6 Å². The van der Waals surface area contributed by atoms with Gasteiger partial charge >= 0.3 is 5.97 Å². The van der Waals surface area contributed by atoms with Crippen LogP contribution in [-0.2, 0) is 9.59 Å². The number of carbonyl (C=O) groups is 2. The van der Waals surface area contributed by atoms with Crippen LogP contribution in [0.5, 0.6) is 0 Å². The minimum Gasteiger partial charge on any atom is -0.481 e. The largest absolute Gasteiger partial charge is 0.481 e. The number of anilines is 1. The molecule has 1 saturated carbocycles. The lowest BCUT2D eigenvalue weighted by molar-refractivity contribution is -0.143. The lowest BCUT2D eigenvalue weighted by atomic mass is 9.81. The van der Waals surface area contributed by atoms with E-state index in [1.807, 2.05) is 19.2 Å². The third-order valence-corrected chi connectivity index (χ3v) is 4.68. The molecule has 1 aromatic rings. The number of carbonyl (C=O) groups excluding carboxylic acids is 1. The maximum absolute atomic E-state index is 12.6. The number of hydrogen-bond donors (Lipinski definition) is 1. The highest BCUT2D eigenvalue weighted by molar-refractivity contribution is 5.94. The lowest BCUT2D eigenvalue weighted by Crippen LogP contribution is -2.36. The number of hydrogen-bond acceptors (Lipinski definition) is 2. The molecule has 0 aliphatic heterocycles. The second kappa shape index (κ2) is 6.95. The monoisotopic (exact) mass is 303 g/mol. The molecule has 1 aliphatic carbocycles. The van der Waals surface area contributed by atoms with Crippen LogP contribution in [0, 0.1) is 11.8 Å². The number of rotatable bonds is 4. The molecule has 22 heavy (non-hydrogen) atoms. The van der Waals surface area contributed by atoms with E-state index < -0.39 is 5.97 Å². The van der Waals surface area contributed by atoms with Crippen LogP contribution in [0.1, 0.15) is 51.0 Å². The molecule has 120 valence electrons. The van der Waals surface area contributed by atoms with Gasteiger partial charge < -0.3 is 10.0 Å². The van der Waals surface area contributed by atoms with Gasteiger partial charge in [-0.25, -0.2) is 0 Å². The Kier molecular flexibility index (Phi) is 5.22. The molecule has 0 atom stereocenters. The summed E-state index contributed by atoms with van der Waals surface area (Å²) in [5.74, 6) is -0.537. The molecule has 1 aromatic carbocycles. The molecule has 1 aliphatic rings. The normalized spacial score (nSPS) is 21.6. The Morgan fingerprint density at radius 3 is 2.27 bits per heavy atom. The van der Waals surface area contributed by atoms with E-state index in [1.54, 1.807) is 4.90 Å². The Balaban J connectivity index is 2.04. The molecule has 0 bridgehead atoms. The van der Waals surface area contributed by atoms with Gasteiger partial charge in [-0.05, 0) is 49.3 Å². The summed E-state index contributed by atoms with van der Waals surface area (Å²) < 4.78 is 0. The van der Waals surface area contributed by atoms with Crippen LogP contribution in [0.15, 0.2) is 24.3 Å². The minimum atomic E-state index is -0.733. The van der Waals surface area contributed by atoms with Crippen molar-refractivity contribution in [1.82, 2.24) is 0 Å². The Morgan fingerprint density at radius 1 is 1.14 bits per heavy atom. The molecule has 2 rings (SSSR count). The standard InChI is InChI=1S/C18H25NO3/c1-12(2)15-5-4-6-16(11-15)19(3)17(20)13-7-9-14(10-8-13)18(21)22/h4-6,11-14H,7-10H2,1-3H3,(H,21,22). The number of aliphatic carboxylic acids is 1. The zero-order valence-corrected chi connectivity index (χ0v) is 13.6. The molecular formula is C18H25NO3. The van der Waals surface area contributed by atoms with Crippen molar-refractivity contribution in [2.75, 3.05) is 11.9 Å². The molecule has 1 amide bonds. The highest BCUT2D eigenvalue weighted by Crippen LogP contribution is 2.31. The minimum absolute atomic E-state index is 0.0525. The molecule has 4 nitrogen and oxygen atoms in total. The molecule has 4 heteroatoms. The summed E-state index contributed by atoms with van der Waals surface area (Å²) in [4.78, 5) is 25.3. The van der Waals surface area contributed by atoms with Crippen LogP contribution >= 0.6 is 0 Å². The summed E-state index contributed by atoms with van der Waals surface area (Å²) in [5.41, 5.74) is 2.13. The highest BCUT2D eigenvalue weighted by Gasteiger charge is 2.31. The first-order valence-corrected chi connectivity index (χ1v) is 8.00. The predicted molar refractivity (Wildman–Crippen MR) is 87.0 cm³/mol. The number of benzene rings is 1. The first-order valence-electron chi connectivity index (χ1n) is 8.00. The number of nitrogens with zero attached hydrogens (tertiary/aromatic N) is 1. The van der Waals surface area contributed by atoms with Crippen LogP contribution in [0.2, 0.25) is 0 Å². The molecule has 0 saturated heterocycles. The summed E-state index contributed by atoms with van der Waals surface area (Å²) in [6, 6.07) is 8.07. The van der Waals surface area contributed by atoms with Crippen LogP contribution in [0.4, 0.5) is 5.69 Å². The molecule has 0 aromatic heterocycles. The van der Waals surface area contributed by atoms with Gasteiger partial charge in [0.1, 0.15) is 0 Å². The fourth-order valence-corrected chi connectivity index (χ4v) is 3.08. The zero-order chi connectivity index (χ0) is 16.3. The van der Waals surface area contributed by atoms with Crippen molar-refractivity contribution in [2.24, 2.45) is 11.8 Å². The topological polar surface area (TPSA) is 57.6 Å². The second-order valence-corrected chi connectivity index (χ2v) is 6.53. The third-order valence-electron chi connectivity index (χ3n) is 4.68. The number of carboxylic acids is 1. The van der Waals surface area contributed by atoms with Crippen LogP contribution in [0.25, 0.3) is 0 Å². The number of carboxylic acid groups (broad SMARTS) is 1. The average molecular weight is 303 g/mol. The second-order valence-electron chi connectivity index (χ2n) is 6.53. The van der Waals surface area contributed by atoms with Crippen molar-refractivity contribution in [3.8, 4) is 0 Å². The maximum atomic E-state index is 12.6. The SMILES string of the molecule is CC(C)c1cccc(N(C)C(=O)C2CCC(C(=O)O)CC2)c1. The van der Waals surface area contributed by atoms with Crippen molar-refractivity contribution < 1.29 is 14.7 Å². The van der Waals surface area contributed by atoms with Gasteiger partial charge in [0.05, 0.1) is 5.92 Å². The van der Waals surface area contributed by atoms with E-state index in [1.165, 1.54) is 5.56 Å². The molecule has 1 N–H and O–H groups in total. The molecule has 0 spiro atoms. The summed E-state index contributed by atoms with van der Waals surface area (Å²) in [5, 5.41) is 9.04. The Labute approximate surface area is 132 Å². The first kappa shape index (κ1) is 16.5. The van der Waals surface area contributed by atoms with Gasteiger partial charge in [-0.2, -0.15) is 0 Å². The molecule has 0 unspecified atom stereocenters. The van der Waals surface area contributed by atoms with Crippen LogP contribution < -0.4 is 4.90 Å². The van der Waals surface area contributed by atoms with Gasteiger partial charge in [0.15, 0.2) is 0 Å². The maximum Gasteiger partial charge on any atom is 0.306 e. The van der Waals surface area contributed by atoms with Crippen molar-refractivity contribution >= 4 is 17.6 Å². The van der Waals surface area contributed by atoms with Gasteiger partial charge in [0.2, 0.25) is 5.91 Å². The van der Waals surface area contributed by atoms with Crippen LogP contribution in [-0.4, -0.2) is 24.0 Å². The quantitative estimate of drug-likeness (QED) is 0.923. The van der Waals surface area contributed by atoms with Crippen molar-refractivity contribution in [2.45, 2.75) is 45.4 Å². The van der Waals surface area contributed by atoms with Gasteiger partial charge in [-0.1, -0.05) is 26.0 Å². The Morgan fingerprint density at radius 2 is 1.73 bits per heavy atom. The van der Waals surface area contributed by atoms with E-state index in [9.17, 15) is 9.59 Å². The lowest BCUT2D eigenvalue weighted by Gasteiger charge is -2.29. The Bertz CT molecular complexity index is 545. The van der Waals surface area contributed by atoms with Crippen molar-refractivity contribution in [3.63, 3.8) is 0 Å². The highest BCUT2D eigenvalue weighted by atomic mass is 16.4. The van der Waals surface area contributed by atoms with Crippen LogP contribution in [0.3, 0.4) is 0 Å². The predicted octanol–water partition coefficient (Wildman–Crippen LogP) is 3.66. The van der Waals surface area contributed by atoms with E-state index in [2.05, 4.69) is 26.0 Å². The van der Waals surface area contributed by atoms with Gasteiger partial charge in [-0.3, -0.25) is 9.59 Å². The van der Waals surface area contributed by atoms with Gasteiger partial charge in [-0.15, -0.1) is 0 Å². The Hall–Kier alpha value is -1.84. The molecule has 0 heterocycles. The van der Waals surface area contributed by atoms with E-state index >= 15 is 0 Å². The third kappa shape index (κ3) is 3.67.